The minimum Gasteiger partial charge on any atom is -0.341 e. The Bertz CT molecular complexity index is 591. The van der Waals surface area contributed by atoms with Crippen molar-refractivity contribution in [1.82, 2.24) is 10.5 Å². The van der Waals surface area contributed by atoms with Crippen molar-refractivity contribution in [3.05, 3.63) is 29.3 Å². The number of aryl methyl sites for hydroxylation is 1. The van der Waals surface area contributed by atoms with Crippen LogP contribution in [0.25, 0.3) is 10.2 Å². The van der Waals surface area contributed by atoms with Gasteiger partial charge in [0.05, 0.1) is 15.2 Å². The van der Waals surface area contributed by atoms with Gasteiger partial charge in [-0.1, -0.05) is 18.6 Å². The first-order chi connectivity index (χ1) is 10.1. The van der Waals surface area contributed by atoms with Crippen molar-refractivity contribution in [2.75, 3.05) is 0 Å². The van der Waals surface area contributed by atoms with Crippen LogP contribution < -0.4 is 5.48 Å². The van der Waals surface area contributed by atoms with E-state index in [2.05, 4.69) is 21.4 Å². The molecule has 0 aliphatic rings. The molecule has 2 aromatic rings. The molecule has 0 aliphatic heterocycles. The molecule has 1 N–H and O–H groups in total. The van der Waals surface area contributed by atoms with Crippen LogP contribution in [0.5, 0.6) is 0 Å². The number of benzene rings is 1. The molecular formula is C15H18N2O3S. The van der Waals surface area contributed by atoms with Gasteiger partial charge in [0.15, 0.2) is 0 Å². The Hall–Kier alpha value is -1.95. The monoisotopic (exact) mass is 306 g/mol. The number of fused-ring (bicyclic) bond motifs is 1. The number of nitrogens with one attached hydrogen (secondary N) is 1. The Morgan fingerprint density at radius 2 is 2.05 bits per heavy atom. The molecule has 1 aromatic carbocycles. The van der Waals surface area contributed by atoms with Crippen molar-refractivity contribution in [3.8, 4) is 0 Å². The highest BCUT2D eigenvalue weighted by molar-refractivity contribution is 7.18. The van der Waals surface area contributed by atoms with E-state index >= 15 is 0 Å². The highest BCUT2D eigenvalue weighted by atomic mass is 32.1. The smallest absolute Gasteiger partial charge is 0.329 e. The molecule has 5 nitrogen and oxygen atoms in total. The van der Waals surface area contributed by atoms with Crippen molar-refractivity contribution < 1.29 is 14.4 Å². The Morgan fingerprint density at radius 3 is 2.81 bits per heavy atom. The molecule has 0 radical (unpaired) electrons. The van der Waals surface area contributed by atoms with Crippen molar-refractivity contribution in [1.29, 1.82) is 0 Å². The van der Waals surface area contributed by atoms with Crippen LogP contribution in [-0.2, 0) is 20.8 Å². The van der Waals surface area contributed by atoms with Crippen molar-refractivity contribution in [3.63, 3.8) is 0 Å². The number of thiazole rings is 1. The first kappa shape index (κ1) is 15.4. The van der Waals surface area contributed by atoms with Gasteiger partial charge in [-0.15, -0.1) is 11.3 Å². The van der Waals surface area contributed by atoms with E-state index in [0.717, 1.165) is 36.2 Å². The van der Waals surface area contributed by atoms with Crippen LogP contribution >= 0.6 is 11.3 Å². The highest BCUT2D eigenvalue weighted by Crippen LogP contribution is 2.22. The normalized spacial score (nSPS) is 10.5. The summed E-state index contributed by atoms with van der Waals surface area (Å²) in [5.41, 5.74) is 3.16. The van der Waals surface area contributed by atoms with Crippen LogP contribution in [0.2, 0.25) is 0 Å². The fraction of sp³-hybridized carbons (Fsp3) is 0.400. The molecular weight excluding hydrogens is 288 g/mol. The van der Waals surface area contributed by atoms with Crippen LogP contribution in [0, 0.1) is 0 Å². The van der Waals surface area contributed by atoms with Crippen LogP contribution in [0.3, 0.4) is 0 Å². The van der Waals surface area contributed by atoms with E-state index in [-0.39, 0.29) is 5.91 Å². The number of nitrogens with zero attached hydrogens (tertiary/aromatic N) is 1. The van der Waals surface area contributed by atoms with Gasteiger partial charge in [-0.3, -0.25) is 9.59 Å². The second-order valence-corrected chi connectivity index (χ2v) is 5.87. The zero-order chi connectivity index (χ0) is 15.1. The second-order valence-electron chi connectivity index (χ2n) is 4.75. The van der Waals surface area contributed by atoms with E-state index in [0.29, 0.717) is 6.42 Å². The summed E-state index contributed by atoms with van der Waals surface area (Å²) in [6, 6.07) is 8.12. The number of carbonyl (C=O) groups excluding carboxylic acids is 2. The van der Waals surface area contributed by atoms with E-state index in [4.69, 9.17) is 0 Å². The topological polar surface area (TPSA) is 68.3 Å². The number of unbranched alkanes of at least 4 members (excludes halogenated alkanes) is 2. The largest absolute Gasteiger partial charge is 0.341 e. The van der Waals surface area contributed by atoms with E-state index in [9.17, 15) is 9.59 Å². The lowest BCUT2D eigenvalue weighted by molar-refractivity contribution is -0.156. The van der Waals surface area contributed by atoms with Gasteiger partial charge in [0, 0.05) is 13.3 Å². The molecule has 1 aromatic heterocycles. The number of hydrogen-bond acceptors (Lipinski definition) is 5. The Balaban J connectivity index is 1.63. The third-order valence-electron chi connectivity index (χ3n) is 2.94. The lowest BCUT2D eigenvalue weighted by Crippen LogP contribution is -2.25. The number of rotatable bonds is 6. The van der Waals surface area contributed by atoms with Crippen LogP contribution in [-0.4, -0.2) is 16.9 Å². The molecule has 112 valence electrons. The SMILES string of the molecule is CC(=O)ONC(=O)CCCCCc1nc2ccccc2s1. The average Bonchev–Trinajstić information content (AvgIpc) is 2.87. The number of amides is 1. The molecule has 0 fully saturated rings. The van der Waals surface area contributed by atoms with Crippen molar-refractivity contribution >= 4 is 33.4 Å². The fourth-order valence-corrected chi connectivity index (χ4v) is 2.95. The van der Waals surface area contributed by atoms with E-state index in [1.807, 2.05) is 18.2 Å². The minimum atomic E-state index is -0.515. The molecule has 2 rings (SSSR count). The standard InChI is InChI=1S/C15H18N2O3S/c1-11(18)20-17-14(19)9-3-2-4-10-15-16-12-7-5-6-8-13(12)21-15/h5-8H,2-4,9-10H2,1H3,(H,17,19). The lowest BCUT2D eigenvalue weighted by Gasteiger charge is -2.03. The lowest BCUT2D eigenvalue weighted by atomic mass is 10.1. The molecule has 0 atom stereocenters. The molecule has 0 spiro atoms. The quantitative estimate of drug-likeness (QED) is 0.658. The average molecular weight is 306 g/mol. The predicted octanol–water partition coefficient (Wildman–Crippen LogP) is 2.99. The molecule has 1 amide bonds. The van der Waals surface area contributed by atoms with Gasteiger partial charge in [-0.05, 0) is 31.4 Å². The van der Waals surface area contributed by atoms with E-state index in [1.54, 1.807) is 11.3 Å². The number of aromatic nitrogens is 1. The zero-order valence-electron chi connectivity index (χ0n) is 11.9. The van der Waals surface area contributed by atoms with Gasteiger partial charge in [0.1, 0.15) is 0 Å². The van der Waals surface area contributed by atoms with Gasteiger partial charge in [0.25, 0.3) is 5.91 Å². The predicted molar refractivity (Wildman–Crippen MR) is 81.7 cm³/mol. The number of hydrogen-bond donors (Lipinski definition) is 1. The maximum Gasteiger partial charge on any atom is 0.329 e. The van der Waals surface area contributed by atoms with Gasteiger partial charge in [0.2, 0.25) is 0 Å². The van der Waals surface area contributed by atoms with Crippen molar-refractivity contribution in [2.45, 2.75) is 39.0 Å². The van der Waals surface area contributed by atoms with E-state index in [1.165, 1.54) is 11.6 Å². The van der Waals surface area contributed by atoms with Gasteiger partial charge in [-0.2, -0.15) is 5.48 Å². The second kappa shape index (κ2) is 7.73. The summed E-state index contributed by atoms with van der Waals surface area (Å²) < 4.78 is 1.22. The van der Waals surface area contributed by atoms with Crippen LogP contribution in [0.4, 0.5) is 0 Å². The molecule has 0 unspecified atom stereocenters. The number of hydroxylamine groups is 1. The highest BCUT2D eigenvalue weighted by Gasteiger charge is 2.05. The Kier molecular flexibility index (Phi) is 5.68. The van der Waals surface area contributed by atoms with Crippen molar-refractivity contribution in [2.24, 2.45) is 0 Å². The summed E-state index contributed by atoms with van der Waals surface area (Å²) in [6.45, 7) is 1.25. The summed E-state index contributed by atoms with van der Waals surface area (Å²) in [4.78, 5) is 30.8. The molecule has 0 saturated carbocycles. The molecule has 0 aliphatic carbocycles. The molecule has 6 heteroatoms. The first-order valence-electron chi connectivity index (χ1n) is 6.96. The Labute approximate surface area is 127 Å². The maximum absolute atomic E-state index is 11.3. The van der Waals surface area contributed by atoms with Gasteiger partial charge >= 0.3 is 5.97 Å². The molecule has 1 heterocycles. The van der Waals surface area contributed by atoms with Crippen LogP contribution in [0.1, 0.15) is 37.6 Å². The van der Waals surface area contributed by atoms with Gasteiger partial charge < -0.3 is 4.84 Å². The third-order valence-corrected chi connectivity index (χ3v) is 4.04. The fourth-order valence-electron chi connectivity index (χ4n) is 1.95. The van der Waals surface area contributed by atoms with E-state index < -0.39 is 5.97 Å². The third kappa shape index (κ3) is 5.15. The van der Waals surface area contributed by atoms with Gasteiger partial charge in [-0.25, -0.2) is 4.98 Å². The maximum atomic E-state index is 11.3. The Morgan fingerprint density at radius 1 is 1.24 bits per heavy atom. The summed E-state index contributed by atoms with van der Waals surface area (Å²) in [5, 5.41) is 1.14. The summed E-state index contributed by atoms with van der Waals surface area (Å²) >= 11 is 1.73. The summed E-state index contributed by atoms with van der Waals surface area (Å²) in [7, 11) is 0. The zero-order valence-corrected chi connectivity index (χ0v) is 12.7. The van der Waals surface area contributed by atoms with Crippen LogP contribution in [0.15, 0.2) is 24.3 Å². The molecule has 21 heavy (non-hydrogen) atoms. The number of para-hydroxylation sites is 1. The molecule has 0 bridgehead atoms. The minimum absolute atomic E-state index is 0.259. The first-order valence-corrected chi connectivity index (χ1v) is 7.77. The summed E-state index contributed by atoms with van der Waals surface area (Å²) in [5.74, 6) is -0.774. The number of carbonyl (C=O) groups is 2. The molecule has 0 saturated heterocycles. The summed E-state index contributed by atoms with van der Waals surface area (Å²) in [6.07, 6.45) is 4.03.